The quantitative estimate of drug-likeness (QED) is 0.416. The Morgan fingerprint density at radius 2 is 1.91 bits per heavy atom. The predicted molar refractivity (Wildman–Crippen MR) is 133 cm³/mol. The summed E-state index contributed by atoms with van der Waals surface area (Å²) < 4.78 is 14.0. The maximum Gasteiger partial charge on any atom is 0.306 e. The van der Waals surface area contributed by atoms with Crippen molar-refractivity contribution in [2.75, 3.05) is 0 Å². The minimum absolute atomic E-state index is 0.0000388. The number of amides is 1. The molecule has 2 aromatic carbocycles. The molecule has 6 nitrogen and oxygen atoms in total. The number of phenols is 1. The minimum atomic E-state index is -0.856. The van der Waals surface area contributed by atoms with Crippen molar-refractivity contribution >= 4 is 22.6 Å². The molecule has 35 heavy (non-hydrogen) atoms. The van der Waals surface area contributed by atoms with Crippen molar-refractivity contribution in [1.82, 2.24) is 10.3 Å². The largest absolute Gasteiger partial charge is 0.508 e. The molecule has 0 spiro atoms. The van der Waals surface area contributed by atoms with Gasteiger partial charge in [-0.25, -0.2) is 9.37 Å². The number of aryl methyl sites for hydroxylation is 1. The van der Waals surface area contributed by atoms with E-state index in [0.717, 1.165) is 16.5 Å². The molecule has 1 heterocycles. The van der Waals surface area contributed by atoms with Gasteiger partial charge in [-0.1, -0.05) is 33.8 Å². The molecule has 1 aliphatic carbocycles. The Morgan fingerprint density at radius 1 is 1.20 bits per heavy atom. The van der Waals surface area contributed by atoms with E-state index >= 15 is 0 Å². The number of pyridine rings is 1. The average Bonchev–Trinajstić information content (AvgIpc) is 2.81. The number of fused-ring (bicyclic) bond motifs is 1. The van der Waals surface area contributed by atoms with Gasteiger partial charge in [-0.3, -0.25) is 9.59 Å². The number of carboxylic acids is 1. The second-order valence-corrected chi connectivity index (χ2v) is 9.97. The van der Waals surface area contributed by atoms with E-state index in [4.69, 9.17) is 4.98 Å². The number of benzene rings is 2. The third-order valence-corrected chi connectivity index (χ3v) is 7.59. The lowest BCUT2D eigenvalue weighted by Gasteiger charge is -2.52. The third-order valence-electron chi connectivity index (χ3n) is 7.59. The first-order valence-electron chi connectivity index (χ1n) is 12.0. The molecule has 0 aliphatic heterocycles. The van der Waals surface area contributed by atoms with Gasteiger partial charge in [-0.05, 0) is 78.4 Å². The van der Waals surface area contributed by atoms with Gasteiger partial charge in [0.05, 0.1) is 11.6 Å². The molecule has 0 radical (unpaired) electrons. The van der Waals surface area contributed by atoms with Crippen LogP contribution in [0.1, 0.15) is 68.2 Å². The maximum atomic E-state index is 14.0. The first-order valence-corrected chi connectivity index (χ1v) is 12.0. The summed E-state index contributed by atoms with van der Waals surface area (Å²) in [5.74, 6) is -2.32. The second-order valence-electron chi connectivity index (χ2n) is 9.97. The van der Waals surface area contributed by atoms with Crippen LogP contribution in [0, 0.1) is 24.6 Å². The molecule has 4 rings (SSSR count). The van der Waals surface area contributed by atoms with E-state index in [9.17, 15) is 24.2 Å². The monoisotopic (exact) mass is 478 g/mol. The number of phenolic OH excluding ortho intramolecular Hbond substituents is 1. The number of hydrogen-bond donors (Lipinski definition) is 3. The molecule has 184 valence electrons. The molecule has 0 saturated heterocycles. The topological polar surface area (TPSA) is 99.5 Å². The zero-order valence-corrected chi connectivity index (χ0v) is 20.6. The summed E-state index contributed by atoms with van der Waals surface area (Å²) in [4.78, 5) is 29.9. The van der Waals surface area contributed by atoms with E-state index in [1.165, 1.54) is 12.1 Å². The number of nitrogens with one attached hydrogen (secondary N) is 1. The Hall–Kier alpha value is -3.48. The van der Waals surface area contributed by atoms with Gasteiger partial charge in [0.15, 0.2) is 0 Å². The average molecular weight is 479 g/mol. The standard InChI is InChI=1S/C28H31FN2O4/c1-6-28(13-21(16(28)5)27(34)35)31-26(33)25-20-12-18(32)8-9-19(20)23(24(30-25)14(2)3)17-7-10-22(29)15(4)11-17/h7-12,14,16,21,32H,6,13H2,1-5H3,(H,31,33)(H,34,35). The lowest BCUT2D eigenvalue weighted by atomic mass is 9.58. The zero-order valence-electron chi connectivity index (χ0n) is 20.6. The van der Waals surface area contributed by atoms with E-state index in [1.807, 2.05) is 27.7 Å². The van der Waals surface area contributed by atoms with Gasteiger partial charge in [0, 0.05) is 16.5 Å². The van der Waals surface area contributed by atoms with Crippen LogP contribution in [0.5, 0.6) is 5.75 Å². The molecule has 1 aliphatic rings. The van der Waals surface area contributed by atoms with Crippen molar-refractivity contribution in [3.63, 3.8) is 0 Å². The summed E-state index contributed by atoms with van der Waals surface area (Å²) in [5, 5.41) is 24.0. The number of hydrogen-bond acceptors (Lipinski definition) is 4. The number of aromatic nitrogens is 1. The van der Waals surface area contributed by atoms with Gasteiger partial charge >= 0.3 is 5.97 Å². The summed E-state index contributed by atoms with van der Waals surface area (Å²) in [6.45, 7) is 9.45. The van der Waals surface area contributed by atoms with Crippen LogP contribution in [0.3, 0.4) is 0 Å². The van der Waals surface area contributed by atoms with Crippen molar-refractivity contribution in [1.29, 1.82) is 0 Å². The van der Waals surface area contributed by atoms with Gasteiger partial charge in [0.1, 0.15) is 17.3 Å². The van der Waals surface area contributed by atoms with Gasteiger partial charge in [-0.15, -0.1) is 0 Å². The Bertz CT molecular complexity index is 1340. The zero-order chi connectivity index (χ0) is 25.7. The van der Waals surface area contributed by atoms with Crippen LogP contribution in [0.25, 0.3) is 21.9 Å². The van der Waals surface area contributed by atoms with Gasteiger partial charge in [-0.2, -0.15) is 0 Å². The van der Waals surface area contributed by atoms with Crippen molar-refractivity contribution in [3.8, 4) is 16.9 Å². The molecule has 0 bridgehead atoms. The Balaban J connectivity index is 1.88. The third kappa shape index (κ3) is 4.13. The summed E-state index contributed by atoms with van der Waals surface area (Å²) in [7, 11) is 0. The summed E-state index contributed by atoms with van der Waals surface area (Å²) in [6.07, 6.45) is 0.954. The van der Waals surface area contributed by atoms with Crippen molar-refractivity contribution in [3.05, 3.63) is 59.2 Å². The molecule has 7 heteroatoms. The Morgan fingerprint density at radius 3 is 2.49 bits per heavy atom. The normalized spacial score (nSPS) is 21.7. The van der Waals surface area contributed by atoms with E-state index in [2.05, 4.69) is 5.32 Å². The number of rotatable bonds is 6. The van der Waals surface area contributed by atoms with E-state index in [1.54, 1.807) is 31.2 Å². The van der Waals surface area contributed by atoms with Crippen LogP contribution in [-0.4, -0.2) is 32.6 Å². The van der Waals surface area contributed by atoms with Crippen LogP contribution in [0.15, 0.2) is 36.4 Å². The number of nitrogens with zero attached hydrogens (tertiary/aromatic N) is 1. The number of carboxylic acid groups (broad SMARTS) is 1. The van der Waals surface area contributed by atoms with Crippen LogP contribution < -0.4 is 5.32 Å². The molecule has 3 aromatic rings. The van der Waals surface area contributed by atoms with Gasteiger partial charge < -0.3 is 15.5 Å². The van der Waals surface area contributed by atoms with E-state index in [0.29, 0.717) is 29.5 Å². The summed E-state index contributed by atoms with van der Waals surface area (Å²) >= 11 is 0. The second kappa shape index (κ2) is 8.95. The van der Waals surface area contributed by atoms with E-state index in [-0.39, 0.29) is 29.1 Å². The lowest BCUT2D eigenvalue weighted by Crippen LogP contribution is -2.64. The van der Waals surface area contributed by atoms with Gasteiger partial charge in [0.2, 0.25) is 0 Å². The van der Waals surface area contributed by atoms with E-state index < -0.39 is 23.3 Å². The fourth-order valence-electron chi connectivity index (χ4n) is 5.30. The molecule has 3 N–H and O–H groups in total. The van der Waals surface area contributed by atoms with Crippen LogP contribution in [0.2, 0.25) is 0 Å². The SMILES string of the molecule is CCC1(NC(=O)c2nc(C(C)C)c(-c3ccc(F)c(C)c3)c3ccc(O)cc23)CC(C(=O)O)C1C. The highest BCUT2D eigenvalue weighted by atomic mass is 19.1. The van der Waals surface area contributed by atoms with Crippen LogP contribution in [0.4, 0.5) is 4.39 Å². The van der Waals surface area contributed by atoms with Crippen molar-refractivity contribution in [2.45, 2.75) is 58.9 Å². The molecular weight excluding hydrogens is 447 g/mol. The highest BCUT2D eigenvalue weighted by molar-refractivity contribution is 6.10. The minimum Gasteiger partial charge on any atom is -0.508 e. The smallest absolute Gasteiger partial charge is 0.306 e. The number of carbonyl (C=O) groups excluding carboxylic acids is 1. The number of carbonyl (C=O) groups is 2. The number of aliphatic carboxylic acids is 1. The fourth-order valence-corrected chi connectivity index (χ4v) is 5.30. The predicted octanol–water partition coefficient (Wildman–Crippen LogP) is 5.80. The number of aromatic hydroxyl groups is 1. The highest BCUT2D eigenvalue weighted by Gasteiger charge is 2.54. The molecule has 1 fully saturated rings. The molecule has 3 unspecified atom stereocenters. The van der Waals surface area contributed by atoms with Crippen LogP contribution >= 0.6 is 0 Å². The molecule has 1 amide bonds. The lowest BCUT2D eigenvalue weighted by molar-refractivity contribution is -0.153. The van der Waals surface area contributed by atoms with Crippen LogP contribution in [-0.2, 0) is 4.79 Å². The van der Waals surface area contributed by atoms with Crippen molar-refractivity contribution in [2.24, 2.45) is 11.8 Å². The van der Waals surface area contributed by atoms with Crippen molar-refractivity contribution < 1.29 is 24.2 Å². The fraction of sp³-hybridized carbons (Fsp3) is 0.393. The molecular formula is C28H31FN2O4. The first-order chi connectivity index (χ1) is 16.5. The first kappa shape index (κ1) is 24.6. The molecule has 1 aromatic heterocycles. The Labute approximate surface area is 204 Å². The summed E-state index contributed by atoms with van der Waals surface area (Å²) in [6, 6.07) is 9.72. The van der Waals surface area contributed by atoms with Gasteiger partial charge in [0.25, 0.3) is 5.91 Å². The number of halogens is 1. The highest BCUT2D eigenvalue weighted by Crippen LogP contribution is 2.46. The maximum absolute atomic E-state index is 14.0. The Kier molecular flexibility index (Phi) is 6.30. The molecule has 1 saturated carbocycles. The molecule has 3 atom stereocenters. The summed E-state index contributed by atoms with van der Waals surface area (Å²) in [5.41, 5.74) is 2.32.